The first-order valence-electron chi connectivity index (χ1n) is 5.33. The highest BCUT2D eigenvalue weighted by Gasteiger charge is 2.03. The van der Waals surface area contributed by atoms with E-state index in [2.05, 4.69) is 45.5 Å². The van der Waals surface area contributed by atoms with Crippen LogP contribution >= 0.6 is 15.9 Å². The summed E-state index contributed by atoms with van der Waals surface area (Å²) in [5.74, 6) is 2.00. The number of nitrogens with zero attached hydrogens (tertiary/aromatic N) is 2. The number of aryl methyl sites for hydroxylation is 2. The van der Waals surface area contributed by atoms with Crippen molar-refractivity contribution in [2.45, 2.75) is 39.7 Å². The fourth-order valence-electron chi connectivity index (χ4n) is 1.55. The maximum atomic E-state index is 4.31. The van der Waals surface area contributed by atoms with Gasteiger partial charge in [-0.15, -0.1) is 0 Å². The SMILES string of the molecule is CCc1nccn1CCC(C)CCBr. The lowest BCUT2D eigenvalue weighted by Gasteiger charge is -2.11. The molecule has 0 spiro atoms. The van der Waals surface area contributed by atoms with Crippen LogP contribution in [0.5, 0.6) is 0 Å². The van der Waals surface area contributed by atoms with Gasteiger partial charge in [0.25, 0.3) is 0 Å². The second-order valence-corrected chi connectivity index (χ2v) is 4.55. The molecule has 0 aliphatic carbocycles. The molecule has 2 nitrogen and oxygen atoms in total. The van der Waals surface area contributed by atoms with Crippen LogP contribution < -0.4 is 0 Å². The van der Waals surface area contributed by atoms with Crippen molar-refractivity contribution in [3.8, 4) is 0 Å². The van der Waals surface area contributed by atoms with Crippen molar-refractivity contribution in [1.82, 2.24) is 9.55 Å². The van der Waals surface area contributed by atoms with E-state index in [9.17, 15) is 0 Å². The van der Waals surface area contributed by atoms with Gasteiger partial charge < -0.3 is 4.57 Å². The molecule has 0 N–H and O–H groups in total. The molecule has 0 bridgehead atoms. The summed E-state index contributed by atoms with van der Waals surface area (Å²) in [5, 5.41) is 1.11. The highest BCUT2D eigenvalue weighted by Crippen LogP contribution is 2.11. The molecule has 0 aromatic carbocycles. The lowest BCUT2D eigenvalue weighted by Crippen LogP contribution is -2.06. The van der Waals surface area contributed by atoms with Crippen molar-refractivity contribution in [3.05, 3.63) is 18.2 Å². The van der Waals surface area contributed by atoms with Crippen molar-refractivity contribution in [2.75, 3.05) is 5.33 Å². The van der Waals surface area contributed by atoms with Crippen LogP contribution in [-0.2, 0) is 13.0 Å². The normalized spacial score (nSPS) is 13.1. The number of alkyl halides is 1. The van der Waals surface area contributed by atoms with Gasteiger partial charge in [-0.2, -0.15) is 0 Å². The second-order valence-electron chi connectivity index (χ2n) is 3.76. The summed E-state index contributed by atoms with van der Waals surface area (Å²) < 4.78 is 2.27. The fourth-order valence-corrected chi connectivity index (χ4v) is 2.33. The van der Waals surface area contributed by atoms with Gasteiger partial charge in [0.05, 0.1) is 0 Å². The Bertz CT molecular complexity index is 258. The van der Waals surface area contributed by atoms with Crippen LogP contribution in [0.3, 0.4) is 0 Å². The zero-order chi connectivity index (χ0) is 10.4. The van der Waals surface area contributed by atoms with Gasteiger partial charge in [0.2, 0.25) is 0 Å². The van der Waals surface area contributed by atoms with E-state index >= 15 is 0 Å². The number of halogens is 1. The Morgan fingerprint density at radius 2 is 2.29 bits per heavy atom. The van der Waals surface area contributed by atoms with E-state index in [1.54, 1.807) is 0 Å². The fraction of sp³-hybridized carbons (Fsp3) is 0.727. The smallest absolute Gasteiger partial charge is 0.108 e. The quantitative estimate of drug-likeness (QED) is 0.717. The van der Waals surface area contributed by atoms with Gasteiger partial charge in [0.15, 0.2) is 0 Å². The van der Waals surface area contributed by atoms with Gasteiger partial charge in [-0.25, -0.2) is 4.98 Å². The lowest BCUT2D eigenvalue weighted by molar-refractivity contribution is 0.465. The van der Waals surface area contributed by atoms with Crippen LogP contribution in [0.25, 0.3) is 0 Å². The summed E-state index contributed by atoms with van der Waals surface area (Å²) in [6, 6.07) is 0. The lowest BCUT2D eigenvalue weighted by atomic mass is 10.1. The van der Waals surface area contributed by atoms with Crippen molar-refractivity contribution >= 4 is 15.9 Å². The van der Waals surface area contributed by atoms with Crippen LogP contribution in [0, 0.1) is 5.92 Å². The maximum absolute atomic E-state index is 4.31. The van der Waals surface area contributed by atoms with Crippen LogP contribution in [0.4, 0.5) is 0 Å². The molecule has 1 heterocycles. The summed E-state index contributed by atoms with van der Waals surface area (Å²) in [7, 11) is 0. The minimum Gasteiger partial charge on any atom is -0.335 e. The Morgan fingerprint density at radius 3 is 2.93 bits per heavy atom. The number of rotatable bonds is 6. The summed E-state index contributed by atoms with van der Waals surface area (Å²) in [6.45, 7) is 5.57. The van der Waals surface area contributed by atoms with Gasteiger partial charge in [-0.3, -0.25) is 0 Å². The summed E-state index contributed by atoms with van der Waals surface area (Å²) in [5.41, 5.74) is 0. The van der Waals surface area contributed by atoms with E-state index in [0.29, 0.717) is 0 Å². The van der Waals surface area contributed by atoms with E-state index in [1.165, 1.54) is 18.7 Å². The third-order valence-corrected chi connectivity index (χ3v) is 3.04. The topological polar surface area (TPSA) is 17.8 Å². The highest BCUT2D eigenvalue weighted by atomic mass is 79.9. The average molecular weight is 259 g/mol. The summed E-state index contributed by atoms with van der Waals surface area (Å²) >= 11 is 3.48. The van der Waals surface area contributed by atoms with Crippen LogP contribution in [0.15, 0.2) is 12.4 Å². The molecule has 0 aliphatic rings. The molecule has 1 atom stereocenters. The highest BCUT2D eigenvalue weighted by molar-refractivity contribution is 9.09. The second kappa shape index (κ2) is 6.23. The summed E-state index contributed by atoms with van der Waals surface area (Å²) in [6.07, 6.45) is 7.51. The Labute approximate surface area is 94.9 Å². The molecule has 0 fully saturated rings. The first kappa shape index (κ1) is 11.8. The Morgan fingerprint density at radius 1 is 1.50 bits per heavy atom. The number of aromatic nitrogens is 2. The zero-order valence-corrected chi connectivity index (χ0v) is 10.6. The monoisotopic (exact) mass is 258 g/mol. The number of hydrogen-bond donors (Lipinski definition) is 0. The van der Waals surface area contributed by atoms with E-state index in [-0.39, 0.29) is 0 Å². The Balaban J connectivity index is 2.37. The first-order chi connectivity index (χ1) is 6.77. The minimum absolute atomic E-state index is 0.793. The number of imidazole rings is 1. The molecule has 0 aliphatic heterocycles. The molecule has 80 valence electrons. The van der Waals surface area contributed by atoms with Gasteiger partial charge in [-0.05, 0) is 18.8 Å². The van der Waals surface area contributed by atoms with Crippen molar-refractivity contribution in [3.63, 3.8) is 0 Å². The van der Waals surface area contributed by atoms with E-state index in [0.717, 1.165) is 24.2 Å². The molecular weight excluding hydrogens is 240 g/mol. The predicted molar refractivity (Wildman–Crippen MR) is 63.8 cm³/mol. The standard InChI is InChI=1S/C11H19BrN2/c1-3-11-13-7-9-14(11)8-5-10(2)4-6-12/h7,9-10H,3-6,8H2,1-2H3. The van der Waals surface area contributed by atoms with Crippen LogP contribution in [-0.4, -0.2) is 14.9 Å². The third kappa shape index (κ3) is 3.45. The number of hydrogen-bond acceptors (Lipinski definition) is 1. The van der Waals surface area contributed by atoms with Crippen molar-refractivity contribution < 1.29 is 0 Å². The third-order valence-electron chi connectivity index (χ3n) is 2.58. The Hall–Kier alpha value is -0.310. The molecular formula is C11H19BrN2. The van der Waals surface area contributed by atoms with Gasteiger partial charge in [0, 0.05) is 30.7 Å². The largest absolute Gasteiger partial charge is 0.335 e. The van der Waals surface area contributed by atoms with Gasteiger partial charge >= 0.3 is 0 Å². The molecule has 0 saturated heterocycles. The van der Waals surface area contributed by atoms with Crippen LogP contribution in [0.2, 0.25) is 0 Å². The first-order valence-corrected chi connectivity index (χ1v) is 6.46. The molecule has 0 amide bonds. The average Bonchev–Trinajstić information content (AvgIpc) is 2.62. The zero-order valence-electron chi connectivity index (χ0n) is 9.04. The molecule has 1 aromatic rings. The molecule has 0 saturated carbocycles. The van der Waals surface area contributed by atoms with E-state index in [1.807, 2.05) is 6.20 Å². The predicted octanol–water partition coefficient (Wildman–Crippen LogP) is 3.26. The molecule has 1 rings (SSSR count). The Kier molecular flexibility index (Phi) is 5.23. The van der Waals surface area contributed by atoms with E-state index in [4.69, 9.17) is 0 Å². The molecule has 0 radical (unpaired) electrons. The van der Waals surface area contributed by atoms with Gasteiger partial charge in [-0.1, -0.05) is 29.8 Å². The summed E-state index contributed by atoms with van der Waals surface area (Å²) in [4.78, 5) is 4.31. The maximum Gasteiger partial charge on any atom is 0.108 e. The van der Waals surface area contributed by atoms with Crippen molar-refractivity contribution in [1.29, 1.82) is 0 Å². The molecule has 14 heavy (non-hydrogen) atoms. The van der Waals surface area contributed by atoms with E-state index < -0.39 is 0 Å². The molecule has 1 aromatic heterocycles. The minimum atomic E-state index is 0.793. The molecule has 3 heteroatoms. The van der Waals surface area contributed by atoms with Gasteiger partial charge in [0.1, 0.15) is 5.82 Å². The van der Waals surface area contributed by atoms with Crippen LogP contribution in [0.1, 0.15) is 32.5 Å². The van der Waals surface area contributed by atoms with Crippen molar-refractivity contribution in [2.24, 2.45) is 5.92 Å². The molecule has 1 unspecified atom stereocenters.